The van der Waals surface area contributed by atoms with E-state index in [0.717, 1.165) is 13.4 Å². The Kier molecular flexibility index (Phi) is 7.99. The van der Waals surface area contributed by atoms with Crippen molar-refractivity contribution in [3.8, 4) is 17.2 Å². The van der Waals surface area contributed by atoms with Gasteiger partial charge in [-0.3, -0.25) is 0 Å². The molecule has 6 nitrogen and oxygen atoms in total. The lowest BCUT2D eigenvalue weighted by molar-refractivity contribution is 0.0930. The highest BCUT2D eigenvalue weighted by molar-refractivity contribution is 9.11. The second-order valence-electron chi connectivity index (χ2n) is 7.70. The molecule has 1 aliphatic heterocycles. The van der Waals surface area contributed by atoms with E-state index < -0.39 is 0 Å². The molecule has 0 radical (unpaired) electrons. The molecule has 4 rings (SSSR count). The summed E-state index contributed by atoms with van der Waals surface area (Å²) in [5.74, 6) is 0.267. The molecule has 0 aromatic heterocycles. The van der Waals surface area contributed by atoms with Gasteiger partial charge in [-0.25, -0.2) is 0 Å². The Morgan fingerprint density at radius 3 is 0.788 bits per heavy atom. The van der Waals surface area contributed by atoms with Gasteiger partial charge in [0.2, 0.25) is 0 Å². The Hall–Kier alpha value is -1.62. The van der Waals surface area contributed by atoms with Crippen LogP contribution in [0.15, 0.2) is 49.8 Å². The number of hydrogen-bond acceptors (Lipinski definition) is 6. The van der Waals surface area contributed by atoms with Crippen LogP contribution in [0.4, 0.5) is 0 Å². The predicted octanol–water partition coefficient (Wildman–Crippen LogP) is 6.55. The van der Waals surface area contributed by atoms with Gasteiger partial charge in [0.1, 0.15) is 17.2 Å². The van der Waals surface area contributed by atoms with Crippen LogP contribution in [0.3, 0.4) is 0 Å². The minimum atomic E-state index is 0.0889. The van der Waals surface area contributed by atoms with E-state index in [2.05, 4.69) is 47.8 Å². The number of fused-ring (bicyclic) bond motifs is 6. The van der Waals surface area contributed by atoms with E-state index >= 15 is 0 Å². The second-order valence-corrected chi connectivity index (χ2v) is 10.4. The first-order valence-electron chi connectivity index (χ1n) is 10.1. The topological polar surface area (TPSA) is 88.4 Å². The molecule has 3 aromatic rings. The number of halogens is 3. The Morgan fingerprint density at radius 2 is 0.606 bits per heavy atom. The number of ether oxygens (including phenoxy) is 3. The average molecular weight is 645 g/mol. The maximum absolute atomic E-state index is 10.7. The summed E-state index contributed by atoms with van der Waals surface area (Å²) in [7, 11) is 0. The van der Waals surface area contributed by atoms with E-state index in [4.69, 9.17) is 14.2 Å². The van der Waals surface area contributed by atoms with Crippen molar-refractivity contribution in [1.82, 2.24) is 0 Å². The Morgan fingerprint density at radius 1 is 0.424 bits per heavy atom. The number of phenolic OH excluding ortho intramolecular Hbond substituents is 3. The van der Waals surface area contributed by atoms with Crippen molar-refractivity contribution < 1.29 is 29.5 Å². The van der Waals surface area contributed by atoms with Gasteiger partial charge in [0.25, 0.3) is 0 Å². The fourth-order valence-corrected chi connectivity index (χ4v) is 5.28. The molecule has 3 aromatic carbocycles. The quantitative estimate of drug-likeness (QED) is 0.257. The highest BCUT2D eigenvalue weighted by atomic mass is 79.9. The van der Waals surface area contributed by atoms with Crippen LogP contribution in [-0.4, -0.2) is 15.3 Å². The van der Waals surface area contributed by atoms with Crippen LogP contribution in [0.1, 0.15) is 33.4 Å². The molecule has 1 aliphatic rings. The van der Waals surface area contributed by atoms with Gasteiger partial charge in [-0.15, -0.1) is 0 Å². The Balaban J connectivity index is 1.71. The molecule has 174 valence electrons. The first kappa shape index (κ1) is 24.5. The molecule has 0 fully saturated rings. The number of rotatable bonds is 0. The number of aromatic hydroxyl groups is 3. The zero-order valence-corrected chi connectivity index (χ0v) is 22.2. The Bertz CT molecular complexity index is 960. The van der Waals surface area contributed by atoms with Crippen LogP contribution < -0.4 is 0 Å². The van der Waals surface area contributed by atoms with Gasteiger partial charge >= 0.3 is 0 Å². The molecule has 3 N–H and O–H groups in total. The van der Waals surface area contributed by atoms with E-state index in [1.165, 1.54) is 0 Å². The second kappa shape index (κ2) is 10.8. The zero-order valence-electron chi connectivity index (χ0n) is 17.4. The van der Waals surface area contributed by atoms with Crippen molar-refractivity contribution in [2.45, 2.75) is 39.6 Å². The van der Waals surface area contributed by atoms with Gasteiger partial charge < -0.3 is 29.5 Å². The van der Waals surface area contributed by atoms with Crippen molar-refractivity contribution >= 4 is 47.8 Å². The summed E-state index contributed by atoms with van der Waals surface area (Å²) in [5, 5.41) is 32.2. The summed E-state index contributed by atoms with van der Waals surface area (Å²) in [6.07, 6.45) is 0. The molecular formula is C24H21Br3O6. The zero-order chi connectivity index (χ0) is 23.5. The summed E-state index contributed by atoms with van der Waals surface area (Å²) in [4.78, 5) is 0. The molecule has 0 saturated carbocycles. The number of benzene rings is 3. The van der Waals surface area contributed by atoms with Gasteiger partial charge in [-0.1, -0.05) is 47.8 Å². The lowest BCUT2D eigenvalue weighted by atomic mass is 10.1. The molecule has 0 atom stereocenters. The van der Waals surface area contributed by atoms with Crippen molar-refractivity contribution in [1.29, 1.82) is 0 Å². The summed E-state index contributed by atoms with van der Waals surface area (Å²) >= 11 is 10.4. The third kappa shape index (κ3) is 5.90. The van der Waals surface area contributed by atoms with Crippen LogP contribution in [0, 0.1) is 0 Å². The molecule has 0 amide bonds. The van der Waals surface area contributed by atoms with Crippen molar-refractivity contribution in [3.05, 3.63) is 83.2 Å². The van der Waals surface area contributed by atoms with Crippen LogP contribution in [-0.2, 0) is 53.9 Å². The Labute approximate surface area is 216 Å². The number of phenols is 3. The fourth-order valence-electron chi connectivity index (χ4n) is 3.63. The normalized spacial score (nSPS) is 15.0. The molecule has 1 heterocycles. The van der Waals surface area contributed by atoms with E-state index in [-0.39, 0.29) is 56.9 Å². The molecule has 6 bridgehead atoms. The first-order chi connectivity index (χ1) is 15.8. The van der Waals surface area contributed by atoms with Gasteiger partial charge in [-0.2, -0.15) is 0 Å². The average Bonchev–Trinajstić information content (AvgIpc) is 2.76. The number of hydrogen-bond donors (Lipinski definition) is 3. The minimum Gasteiger partial charge on any atom is -0.507 e. The van der Waals surface area contributed by atoms with Crippen LogP contribution in [0.25, 0.3) is 0 Å². The molecule has 0 aliphatic carbocycles. The monoisotopic (exact) mass is 642 g/mol. The van der Waals surface area contributed by atoms with E-state index in [9.17, 15) is 15.3 Å². The van der Waals surface area contributed by atoms with Crippen molar-refractivity contribution in [3.63, 3.8) is 0 Å². The molecule has 0 saturated heterocycles. The van der Waals surface area contributed by atoms with E-state index in [1.807, 2.05) is 0 Å². The van der Waals surface area contributed by atoms with E-state index in [1.54, 1.807) is 36.4 Å². The van der Waals surface area contributed by atoms with Crippen LogP contribution in [0.5, 0.6) is 17.2 Å². The summed E-state index contributed by atoms with van der Waals surface area (Å²) in [6.45, 7) is 0.868. The summed E-state index contributed by atoms with van der Waals surface area (Å²) in [5.41, 5.74) is 3.55. The maximum Gasteiger partial charge on any atom is 0.126 e. The summed E-state index contributed by atoms with van der Waals surface area (Å²) < 4.78 is 19.8. The molecule has 9 heteroatoms. The third-order valence-corrected chi connectivity index (χ3v) is 6.62. The molecule has 0 spiro atoms. The minimum absolute atomic E-state index is 0.0889. The largest absolute Gasteiger partial charge is 0.507 e. The van der Waals surface area contributed by atoms with Gasteiger partial charge in [0.05, 0.1) is 39.6 Å². The molecule has 0 unspecified atom stereocenters. The third-order valence-electron chi connectivity index (χ3n) is 5.24. The van der Waals surface area contributed by atoms with Crippen LogP contribution >= 0.6 is 47.8 Å². The maximum atomic E-state index is 10.7. The van der Waals surface area contributed by atoms with Crippen LogP contribution in [0.2, 0.25) is 0 Å². The van der Waals surface area contributed by atoms with Gasteiger partial charge in [-0.05, 0) is 36.4 Å². The predicted molar refractivity (Wildman–Crippen MR) is 133 cm³/mol. The summed E-state index contributed by atoms with van der Waals surface area (Å²) in [6, 6.07) is 10.7. The van der Waals surface area contributed by atoms with Crippen molar-refractivity contribution in [2.75, 3.05) is 0 Å². The highest BCUT2D eigenvalue weighted by Crippen LogP contribution is 2.34. The van der Waals surface area contributed by atoms with E-state index in [0.29, 0.717) is 33.4 Å². The molecular weight excluding hydrogens is 624 g/mol. The first-order valence-corrected chi connectivity index (χ1v) is 12.4. The SMILES string of the molecule is Oc1c2cc(Br)cc1COCc1cc(Br)cc(c1O)COCc1cc(Br)cc(c1O)COC2. The van der Waals surface area contributed by atoms with Gasteiger partial charge in [0.15, 0.2) is 0 Å². The highest BCUT2D eigenvalue weighted by Gasteiger charge is 2.16. The lowest BCUT2D eigenvalue weighted by Gasteiger charge is -2.16. The molecule has 33 heavy (non-hydrogen) atoms. The van der Waals surface area contributed by atoms with Crippen molar-refractivity contribution in [2.24, 2.45) is 0 Å². The van der Waals surface area contributed by atoms with Gasteiger partial charge in [0, 0.05) is 46.8 Å². The standard InChI is InChI=1S/C24H21Br3O6/c25-19-1-13-7-31-9-15-3-20(26)5-17(23(15)29)11-33-12-18-6-21(27)4-16(24(18)30)10-32-8-14(2-19)22(13)28/h1-6,28-30H,7-12H2. The fraction of sp³-hybridized carbons (Fsp3) is 0.250. The lowest BCUT2D eigenvalue weighted by Crippen LogP contribution is -2.03. The smallest absolute Gasteiger partial charge is 0.126 e.